The molecule has 2 aromatic rings. The number of amides is 1. The number of nitrogens with zero attached hydrogens (tertiary/aromatic N) is 2. The van der Waals surface area contributed by atoms with Crippen LogP contribution >= 0.6 is 15.9 Å². The maximum absolute atomic E-state index is 11.1. The molecule has 0 fully saturated rings. The van der Waals surface area contributed by atoms with Crippen molar-refractivity contribution >= 4 is 21.8 Å². The van der Waals surface area contributed by atoms with Crippen LogP contribution in [-0.4, -0.2) is 15.7 Å². The van der Waals surface area contributed by atoms with Gasteiger partial charge in [-0.15, -0.1) is 0 Å². The lowest BCUT2D eigenvalue weighted by molar-refractivity contribution is 0.100. The summed E-state index contributed by atoms with van der Waals surface area (Å²) in [7, 11) is 0. The second kappa shape index (κ2) is 4.91. The van der Waals surface area contributed by atoms with Crippen molar-refractivity contribution in [1.82, 2.24) is 9.78 Å². The van der Waals surface area contributed by atoms with Crippen LogP contribution in [0.15, 0.2) is 35.1 Å². The summed E-state index contributed by atoms with van der Waals surface area (Å²) in [6.07, 6.45) is 3.03. The van der Waals surface area contributed by atoms with Gasteiger partial charge in [-0.3, -0.25) is 4.79 Å². The molecule has 0 saturated carbocycles. The third-order valence-corrected chi connectivity index (χ3v) is 3.09. The first-order chi connectivity index (χ1) is 8.49. The van der Waals surface area contributed by atoms with E-state index in [-0.39, 0.29) is 6.04 Å². The summed E-state index contributed by atoms with van der Waals surface area (Å²) in [5.74, 6) is -0.499. The zero-order valence-corrected chi connectivity index (χ0v) is 11.4. The van der Waals surface area contributed by atoms with Gasteiger partial charge in [0.15, 0.2) is 0 Å². The molecule has 94 valence electrons. The first-order valence-corrected chi connectivity index (χ1v) is 6.18. The van der Waals surface area contributed by atoms with Gasteiger partial charge in [-0.1, -0.05) is 15.9 Å². The largest absolute Gasteiger partial charge is 0.366 e. The predicted octanol–water partition coefficient (Wildman–Crippen LogP) is 1.75. The Kier molecular flexibility index (Phi) is 3.49. The Balaban J connectivity index is 2.52. The molecule has 1 amide bonds. The Bertz CT molecular complexity index is 592. The molecule has 0 aliphatic carbocycles. The van der Waals surface area contributed by atoms with Crippen molar-refractivity contribution in [3.8, 4) is 5.69 Å². The van der Waals surface area contributed by atoms with E-state index in [1.165, 1.54) is 6.20 Å². The highest BCUT2D eigenvalue weighted by molar-refractivity contribution is 9.10. The highest BCUT2D eigenvalue weighted by Crippen LogP contribution is 2.24. The average molecular weight is 309 g/mol. The molecular formula is C12H13BrN4O. The molecule has 1 aromatic heterocycles. The zero-order chi connectivity index (χ0) is 13.3. The van der Waals surface area contributed by atoms with Crippen LogP contribution in [0.3, 0.4) is 0 Å². The highest BCUT2D eigenvalue weighted by Gasteiger charge is 2.12. The molecule has 0 aliphatic rings. The first-order valence-electron chi connectivity index (χ1n) is 5.39. The Labute approximate surface area is 113 Å². The quantitative estimate of drug-likeness (QED) is 0.905. The number of halogens is 1. The van der Waals surface area contributed by atoms with Crippen LogP contribution in [-0.2, 0) is 0 Å². The van der Waals surface area contributed by atoms with Crippen LogP contribution in [0, 0.1) is 0 Å². The highest BCUT2D eigenvalue weighted by atomic mass is 79.9. The van der Waals surface area contributed by atoms with Crippen LogP contribution in [0.5, 0.6) is 0 Å². The summed E-state index contributed by atoms with van der Waals surface area (Å²) >= 11 is 3.41. The number of hydrogen-bond acceptors (Lipinski definition) is 3. The van der Waals surface area contributed by atoms with Gasteiger partial charge in [-0.25, -0.2) is 4.68 Å². The van der Waals surface area contributed by atoms with Gasteiger partial charge in [0.25, 0.3) is 5.91 Å². The minimum absolute atomic E-state index is 0.140. The van der Waals surface area contributed by atoms with Gasteiger partial charge >= 0.3 is 0 Å². The Morgan fingerprint density at radius 3 is 2.78 bits per heavy atom. The summed E-state index contributed by atoms with van der Waals surface area (Å²) in [5, 5.41) is 4.13. The van der Waals surface area contributed by atoms with Crippen molar-refractivity contribution in [1.29, 1.82) is 0 Å². The van der Waals surface area contributed by atoms with Crippen LogP contribution in [0.1, 0.15) is 28.9 Å². The number of aromatic nitrogens is 2. The Morgan fingerprint density at radius 1 is 1.50 bits per heavy atom. The molecule has 2 rings (SSSR count). The molecule has 1 aromatic carbocycles. The van der Waals surface area contributed by atoms with Crippen molar-refractivity contribution in [3.63, 3.8) is 0 Å². The monoisotopic (exact) mass is 308 g/mol. The molecule has 4 N–H and O–H groups in total. The minimum Gasteiger partial charge on any atom is -0.366 e. The molecule has 18 heavy (non-hydrogen) atoms. The smallest absolute Gasteiger partial charge is 0.251 e. The van der Waals surface area contributed by atoms with Crippen molar-refractivity contribution in [2.75, 3.05) is 0 Å². The lowest BCUT2D eigenvalue weighted by atomic mass is 10.1. The molecular weight excluding hydrogens is 296 g/mol. The van der Waals surface area contributed by atoms with E-state index in [0.29, 0.717) is 5.56 Å². The maximum Gasteiger partial charge on any atom is 0.251 e. The average Bonchev–Trinajstić information content (AvgIpc) is 2.78. The standard InChI is InChI=1S/C12H13BrN4O/c1-7(14)10-4-9(13)2-3-11(10)17-6-8(5-16-17)12(15)18/h2-7H,14H2,1H3,(H2,15,18). The van der Waals surface area contributed by atoms with E-state index >= 15 is 0 Å². The van der Waals surface area contributed by atoms with E-state index in [4.69, 9.17) is 11.5 Å². The van der Waals surface area contributed by atoms with Crippen molar-refractivity contribution < 1.29 is 4.79 Å². The fourth-order valence-electron chi connectivity index (χ4n) is 1.68. The van der Waals surface area contributed by atoms with E-state index in [1.54, 1.807) is 10.9 Å². The number of carbonyl (C=O) groups excluding carboxylic acids is 1. The molecule has 6 heteroatoms. The molecule has 5 nitrogen and oxygen atoms in total. The second-order valence-electron chi connectivity index (χ2n) is 4.03. The summed E-state index contributed by atoms with van der Waals surface area (Å²) in [4.78, 5) is 11.1. The lowest BCUT2D eigenvalue weighted by Gasteiger charge is -2.13. The van der Waals surface area contributed by atoms with E-state index in [0.717, 1.165) is 15.7 Å². The van der Waals surface area contributed by atoms with Gasteiger partial charge < -0.3 is 11.5 Å². The lowest BCUT2D eigenvalue weighted by Crippen LogP contribution is -2.11. The molecule has 1 heterocycles. The van der Waals surface area contributed by atoms with Gasteiger partial charge in [0.1, 0.15) is 0 Å². The molecule has 1 atom stereocenters. The fraction of sp³-hybridized carbons (Fsp3) is 0.167. The van der Waals surface area contributed by atoms with Gasteiger partial charge in [0.2, 0.25) is 0 Å². The Morgan fingerprint density at radius 2 is 2.22 bits per heavy atom. The molecule has 0 saturated heterocycles. The van der Waals surface area contributed by atoms with Crippen molar-refractivity contribution in [2.24, 2.45) is 11.5 Å². The van der Waals surface area contributed by atoms with Crippen LogP contribution in [0.4, 0.5) is 0 Å². The predicted molar refractivity (Wildman–Crippen MR) is 72.4 cm³/mol. The van der Waals surface area contributed by atoms with E-state index < -0.39 is 5.91 Å². The first kappa shape index (κ1) is 12.8. The molecule has 0 radical (unpaired) electrons. The Hall–Kier alpha value is -1.66. The normalized spacial score (nSPS) is 12.4. The summed E-state index contributed by atoms with van der Waals surface area (Å²) in [5.41, 5.74) is 13.3. The summed E-state index contributed by atoms with van der Waals surface area (Å²) in [6, 6.07) is 5.58. The van der Waals surface area contributed by atoms with Crippen LogP contribution in [0.2, 0.25) is 0 Å². The molecule has 0 spiro atoms. The van der Waals surface area contributed by atoms with Gasteiger partial charge in [0, 0.05) is 16.7 Å². The maximum atomic E-state index is 11.1. The number of primary amides is 1. The third-order valence-electron chi connectivity index (χ3n) is 2.59. The SMILES string of the molecule is CC(N)c1cc(Br)ccc1-n1cc(C(N)=O)cn1. The zero-order valence-electron chi connectivity index (χ0n) is 9.80. The van der Waals surface area contributed by atoms with E-state index in [1.807, 2.05) is 25.1 Å². The van der Waals surface area contributed by atoms with Gasteiger partial charge in [-0.05, 0) is 30.7 Å². The van der Waals surface area contributed by atoms with Gasteiger partial charge in [-0.2, -0.15) is 5.10 Å². The third kappa shape index (κ3) is 2.44. The number of rotatable bonds is 3. The summed E-state index contributed by atoms with van der Waals surface area (Å²) in [6.45, 7) is 1.89. The van der Waals surface area contributed by atoms with Crippen molar-refractivity contribution in [3.05, 3.63) is 46.2 Å². The fourth-order valence-corrected chi connectivity index (χ4v) is 2.06. The number of hydrogen-bond donors (Lipinski definition) is 2. The van der Waals surface area contributed by atoms with Crippen molar-refractivity contribution in [2.45, 2.75) is 13.0 Å². The van der Waals surface area contributed by atoms with Crippen LogP contribution < -0.4 is 11.5 Å². The van der Waals surface area contributed by atoms with E-state index in [9.17, 15) is 4.79 Å². The molecule has 1 unspecified atom stereocenters. The molecule has 0 aliphatic heterocycles. The van der Waals surface area contributed by atoms with E-state index in [2.05, 4.69) is 21.0 Å². The van der Waals surface area contributed by atoms with Gasteiger partial charge in [0.05, 0.1) is 17.4 Å². The minimum atomic E-state index is -0.499. The molecule has 0 bridgehead atoms. The number of nitrogens with two attached hydrogens (primary N) is 2. The topological polar surface area (TPSA) is 86.9 Å². The summed E-state index contributed by atoms with van der Waals surface area (Å²) < 4.78 is 2.55. The number of carbonyl (C=O) groups is 1. The number of benzene rings is 1. The second-order valence-corrected chi connectivity index (χ2v) is 4.95. The van der Waals surface area contributed by atoms with Crippen LogP contribution in [0.25, 0.3) is 5.69 Å².